The third kappa shape index (κ3) is 5.52. The second kappa shape index (κ2) is 8.65. The zero-order valence-corrected chi connectivity index (χ0v) is 14.9. The lowest BCUT2D eigenvalue weighted by molar-refractivity contribution is 0.220. The zero-order valence-electron chi connectivity index (χ0n) is 14.1. The highest BCUT2D eigenvalue weighted by molar-refractivity contribution is 6.31. The second-order valence-electron chi connectivity index (χ2n) is 6.30. The molecule has 2 nitrogen and oxygen atoms in total. The van der Waals surface area contributed by atoms with Crippen molar-refractivity contribution in [2.75, 3.05) is 13.7 Å². The predicted molar refractivity (Wildman–Crippen MR) is 92.5 cm³/mol. The maximum absolute atomic E-state index is 6.31. The number of hydrogen-bond acceptors (Lipinski definition) is 2. The lowest BCUT2D eigenvalue weighted by Crippen LogP contribution is -2.41. The maximum Gasteiger partial charge on any atom is 0.120 e. The van der Waals surface area contributed by atoms with Crippen LogP contribution >= 0.6 is 11.6 Å². The van der Waals surface area contributed by atoms with E-state index in [0.717, 1.165) is 30.2 Å². The van der Waals surface area contributed by atoms with Gasteiger partial charge in [0.05, 0.1) is 7.11 Å². The Labute approximate surface area is 135 Å². The van der Waals surface area contributed by atoms with Gasteiger partial charge in [0.1, 0.15) is 5.75 Å². The first-order chi connectivity index (χ1) is 9.94. The van der Waals surface area contributed by atoms with Crippen molar-refractivity contribution in [3.8, 4) is 5.75 Å². The fourth-order valence-corrected chi connectivity index (χ4v) is 2.88. The molecular weight excluding hydrogens is 282 g/mol. The first-order valence-corrected chi connectivity index (χ1v) is 8.38. The van der Waals surface area contributed by atoms with Gasteiger partial charge in [-0.3, -0.25) is 0 Å². The molecule has 1 N–H and O–H groups in total. The summed E-state index contributed by atoms with van der Waals surface area (Å²) < 4.78 is 5.19. The van der Waals surface area contributed by atoms with Crippen molar-refractivity contribution in [3.63, 3.8) is 0 Å². The summed E-state index contributed by atoms with van der Waals surface area (Å²) in [5.74, 6) is 0.821. The summed E-state index contributed by atoms with van der Waals surface area (Å²) in [5.41, 5.74) is 1.54. The van der Waals surface area contributed by atoms with Crippen molar-refractivity contribution in [2.24, 2.45) is 5.41 Å². The third-order valence-corrected chi connectivity index (χ3v) is 4.86. The number of aryl methyl sites for hydroxylation is 1. The molecule has 0 aromatic heterocycles. The molecule has 0 heterocycles. The van der Waals surface area contributed by atoms with Gasteiger partial charge in [0, 0.05) is 11.1 Å². The van der Waals surface area contributed by atoms with E-state index in [1.165, 1.54) is 18.4 Å². The molecule has 120 valence electrons. The molecule has 1 unspecified atom stereocenters. The van der Waals surface area contributed by atoms with Crippen molar-refractivity contribution in [2.45, 2.75) is 59.4 Å². The van der Waals surface area contributed by atoms with E-state index < -0.39 is 0 Å². The van der Waals surface area contributed by atoms with Crippen molar-refractivity contribution in [3.05, 3.63) is 28.8 Å². The molecule has 0 aliphatic carbocycles. The van der Waals surface area contributed by atoms with Gasteiger partial charge in [0.25, 0.3) is 0 Å². The van der Waals surface area contributed by atoms with Crippen molar-refractivity contribution >= 4 is 11.6 Å². The van der Waals surface area contributed by atoms with Crippen molar-refractivity contribution in [1.29, 1.82) is 0 Å². The average Bonchev–Trinajstić information content (AvgIpc) is 2.47. The highest BCUT2D eigenvalue weighted by atomic mass is 35.5. The van der Waals surface area contributed by atoms with Gasteiger partial charge in [-0.25, -0.2) is 0 Å². The summed E-state index contributed by atoms with van der Waals surface area (Å²) in [5, 5.41) is 4.45. The quantitative estimate of drug-likeness (QED) is 0.686. The summed E-state index contributed by atoms with van der Waals surface area (Å²) in [6.07, 6.45) is 4.53. The molecule has 0 saturated carbocycles. The van der Waals surface area contributed by atoms with Gasteiger partial charge in [0.2, 0.25) is 0 Å². The van der Waals surface area contributed by atoms with Crippen LogP contribution in [0.3, 0.4) is 0 Å². The Bertz CT molecular complexity index is 431. The number of nitrogens with one attached hydrogen (secondary N) is 1. The minimum absolute atomic E-state index is 0.333. The van der Waals surface area contributed by atoms with Crippen LogP contribution in [-0.2, 0) is 6.42 Å². The molecule has 0 saturated heterocycles. The Kier molecular flexibility index (Phi) is 7.55. The number of halogens is 1. The monoisotopic (exact) mass is 311 g/mol. The highest BCUT2D eigenvalue weighted by Crippen LogP contribution is 2.29. The minimum Gasteiger partial charge on any atom is -0.497 e. The van der Waals surface area contributed by atoms with Crippen LogP contribution < -0.4 is 10.1 Å². The Hall–Kier alpha value is -0.730. The fraction of sp³-hybridized carbons (Fsp3) is 0.667. The van der Waals surface area contributed by atoms with Crippen molar-refractivity contribution in [1.82, 2.24) is 5.32 Å². The average molecular weight is 312 g/mol. The molecule has 0 bridgehead atoms. The molecule has 0 aliphatic rings. The lowest BCUT2D eigenvalue weighted by atomic mass is 9.79. The standard InChI is InChI=1S/C18H30ClNO/c1-6-18(3,4)17(20-7-2)10-8-9-14-11-12-15(21-5)13-16(14)19/h11-13,17,20H,6-10H2,1-5H3. The second-order valence-corrected chi connectivity index (χ2v) is 6.71. The molecule has 1 rings (SSSR count). The number of ether oxygens (including phenoxy) is 1. The smallest absolute Gasteiger partial charge is 0.120 e. The van der Waals surface area contributed by atoms with Crippen LogP contribution in [0.15, 0.2) is 18.2 Å². The molecule has 0 spiro atoms. The van der Waals surface area contributed by atoms with Gasteiger partial charge in [0.15, 0.2) is 0 Å². The lowest BCUT2D eigenvalue weighted by Gasteiger charge is -2.34. The fourth-order valence-electron chi connectivity index (χ4n) is 2.62. The highest BCUT2D eigenvalue weighted by Gasteiger charge is 2.26. The molecule has 1 aromatic carbocycles. The van der Waals surface area contributed by atoms with Crippen LogP contribution in [0.25, 0.3) is 0 Å². The van der Waals surface area contributed by atoms with Crippen LogP contribution in [0.5, 0.6) is 5.75 Å². The first kappa shape index (κ1) is 18.3. The van der Waals surface area contributed by atoms with Gasteiger partial charge in [-0.2, -0.15) is 0 Å². The molecule has 0 aliphatic heterocycles. The molecule has 1 aromatic rings. The van der Waals surface area contributed by atoms with E-state index in [9.17, 15) is 0 Å². The van der Waals surface area contributed by atoms with E-state index in [4.69, 9.17) is 16.3 Å². The largest absolute Gasteiger partial charge is 0.497 e. The Morgan fingerprint density at radius 2 is 2.00 bits per heavy atom. The molecule has 0 fully saturated rings. The van der Waals surface area contributed by atoms with Crippen LogP contribution in [-0.4, -0.2) is 19.7 Å². The zero-order chi connectivity index (χ0) is 15.9. The van der Waals surface area contributed by atoms with Gasteiger partial charge in [-0.05, 0) is 55.3 Å². The SMILES string of the molecule is CCNC(CCCc1ccc(OC)cc1Cl)C(C)(C)CC. The Morgan fingerprint density at radius 1 is 1.29 bits per heavy atom. The summed E-state index contributed by atoms with van der Waals surface area (Å²) >= 11 is 6.31. The third-order valence-electron chi connectivity index (χ3n) is 4.50. The normalized spacial score (nSPS) is 13.2. The predicted octanol–water partition coefficient (Wildman–Crippen LogP) is 5.09. The summed E-state index contributed by atoms with van der Waals surface area (Å²) in [6, 6.07) is 6.52. The summed E-state index contributed by atoms with van der Waals surface area (Å²) in [7, 11) is 1.67. The topological polar surface area (TPSA) is 21.3 Å². The van der Waals surface area contributed by atoms with Crippen molar-refractivity contribution < 1.29 is 4.74 Å². The van der Waals surface area contributed by atoms with E-state index in [-0.39, 0.29) is 0 Å². The van der Waals surface area contributed by atoms with E-state index in [0.29, 0.717) is 11.5 Å². The minimum atomic E-state index is 0.333. The molecule has 21 heavy (non-hydrogen) atoms. The number of methoxy groups -OCH3 is 1. The van der Waals surface area contributed by atoms with Gasteiger partial charge < -0.3 is 10.1 Å². The Morgan fingerprint density at radius 3 is 2.52 bits per heavy atom. The van der Waals surface area contributed by atoms with Gasteiger partial charge in [-0.15, -0.1) is 0 Å². The van der Waals surface area contributed by atoms with Crippen LogP contribution in [0.1, 0.15) is 52.5 Å². The maximum atomic E-state index is 6.31. The molecule has 3 heteroatoms. The van der Waals surface area contributed by atoms with Crippen LogP contribution in [0.4, 0.5) is 0 Å². The van der Waals surface area contributed by atoms with E-state index in [2.05, 4.69) is 39.1 Å². The van der Waals surface area contributed by atoms with E-state index >= 15 is 0 Å². The van der Waals surface area contributed by atoms with Gasteiger partial charge in [-0.1, -0.05) is 45.4 Å². The van der Waals surface area contributed by atoms with E-state index in [1.807, 2.05) is 12.1 Å². The number of benzene rings is 1. The number of hydrogen-bond donors (Lipinski definition) is 1. The molecular formula is C18H30ClNO. The molecule has 0 radical (unpaired) electrons. The summed E-state index contributed by atoms with van der Waals surface area (Å²) in [4.78, 5) is 0. The first-order valence-electron chi connectivity index (χ1n) is 8.00. The number of rotatable bonds is 9. The summed E-state index contributed by atoms with van der Waals surface area (Å²) in [6.45, 7) is 10.2. The van der Waals surface area contributed by atoms with E-state index in [1.54, 1.807) is 7.11 Å². The Balaban J connectivity index is 2.58. The van der Waals surface area contributed by atoms with Crippen LogP contribution in [0.2, 0.25) is 5.02 Å². The van der Waals surface area contributed by atoms with Gasteiger partial charge >= 0.3 is 0 Å². The molecule has 0 amide bonds. The van der Waals surface area contributed by atoms with Crippen LogP contribution in [0, 0.1) is 5.41 Å². The molecule has 1 atom stereocenters.